The van der Waals surface area contributed by atoms with E-state index in [1.165, 1.54) is 13.0 Å². The highest BCUT2D eigenvalue weighted by atomic mass is 16.6. The van der Waals surface area contributed by atoms with Crippen LogP contribution in [0.2, 0.25) is 0 Å². The largest absolute Gasteiger partial charge is 0.446 e. The van der Waals surface area contributed by atoms with Crippen LogP contribution < -0.4 is 16.0 Å². The summed E-state index contributed by atoms with van der Waals surface area (Å²) in [5.74, 6) is -1.25. The van der Waals surface area contributed by atoms with Gasteiger partial charge in [-0.05, 0) is 31.5 Å². The van der Waals surface area contributed by atoms with Crippen LogP contribution in [0.1, 0.15) is 56.5 Å². The van der Waals surface area contributed by atoms with Crippen molar-refractivity contribution in [2.75, 3.05) is 10.6 Å². The lowest BCUT2D eigenvalue weighted by Gasteiger charge is -2.17. The molecule has 0 heterocycles. The summed E-state index contributed by atoms with van der Waals surface area (Å²) in [7, 11) is 0. The Morgan fingerprint density at radius 2 is 1.64 bits per heavy atom. The van der Waals surface area contributed by atoms with Crippen LogP contribution in [-0.2, 0) is 14.3 Å². The molecule has 0 aliphatic carbocycles. The number of carbonyl (C=O) groups is 4. The van der Waals surface area contributed by atoms with Crippen molar-refractivity contribution in [1.29, 1.82) is 0 Å². The molecular weight excluding hydrogens is 424 g/mol. The molecule has 0 saturated carbocycles. The molecule has 0 aromatic heterocycles. The van der Waals surface area contributed by atoms with Gasteiger partial charge in [-0.1, -0.05) is 44.2 Å². The Balaban J connectivity index is 2.41. The Bertz CT molecular complexity index is 1050. The van der Waals surface area contributed by atoms with E-state index >= 15 is 0 Å². The van der Waals surface area contributed by atoms with Crippen molar-refractivity contribution in [2.45, 2.75) is 46.6 Å². The van der Waals surface area contributed by atoms with Crippen LogP contribution in [-0.4, -0.2) is 35.8 Å². The molecule has 2 aromatic carbocycles. The van der Waals surface area contributed by atoms with Gasteiger partial charge in [-0.15, -0.1) is 0 Å². The van der Waals surface area contributed by atoms with E-state index in [0.29, 0.717) is 23.2 Å². The maximum absolute atomic E-state index is 12.9. The number of hydrogen-bond acceptors (Lipinski definition) is 5. The number of guanidine groups is 1. The average Bonchev–Trinajstić information content (AvgIpc) is 2.79. The molecule has 3 amide bonds. The Hall–Kier alpha value is -4.01. The molecule has 174 valence electrons. The lowest BCUT2D eigenvalue weighted by atomic mass is 10.0. The summed E-state index contributed by atoms with van der Waals surface area (Å²) in [6, 6.07) is 13.3. The minimum atomic E-state index is -0.794. The Morgan fingerprint density at radius 1 is 0.939 bits per heavy atom. The van der Waals surface area contributed by atoms with Crippen molar-refractivity contribution in [3.8, 4) is 0 Å². The predicted molar refractivity (Wildman–Crippen MR) is 126 cm³/mol. The van der Waals surface area contributed by atoms with E-state index in [9.17, 15) is 19.2 Å². The number of rotatable bonds is 7. The van der Waals surface area contributed by atoms with Gasteiger partial charge in [0.2, 0.25) is 17.8 Å². The van der Waals surface area contributed by atoms with Gasteiger partial charge >= 0.3 is 6.09 Å². The number of amides is 3. The van der Waals surface area contributed by atoms with E-state index < -0.39 is 12.0 Å². The second-order valence-corrected chi connectivity index (χ2v) is 7.22. The van der Waals surface area contributed by atoms with Crippen molar-refractivity contribution >= 4 is 41.0 Å². The topological polar surface area (TPSA) is 126 Å². The molecule has 2 rings (SSSR count). The van der Waals surface area contributed by atoms with Gasteiger partial charge in [0, 0.05) is 24.5 Å². The van der Waals surface area contributed by atoms with Gasteiger partial charge in [-0.25, -0.2) is 4.79 Å². The molecule has 0 saturated heterocycles. The number of nitrogens with zero attached hydrogens (tertiary/aromatic N) is 1. The van der Waals surface area contributed by atoms with Crippen molar-refractivity contribution in [1.82, 2.24) is 5.32 Å². The van der Waals surface area contributed by atoms with E-state index in [0.717, 1.165) is 0 Å². The highest BCUT2D eigenvalue weighted by Crippen LogP contribution is 2.25. The zero-order valence-corrected chi connectivity index (χ0v) is 19.1. The quantitative estimate of drug-likeness (QED) is 0.330. The number of alkyl carbamates (subject to hydrolysis) is 1. The van der Waals surface area contributed by atoms with E-state index in [4.69, 9.17) is 4.74 Å². The van der Waals surface area contributed by atoms with E-state index in [1.54, 1.807) is 56.3 Å². The standard InChI is InChI=1S/C24H28N4O5/c1-5-15(3)33-24(32)28-23(27-21(30)6-2)26-20-14-18(12-13-19(20)25-16(4)29)22(31)17-10-8-7-9-11-17/h7-15H,5-6H2,1-4H3,(H,25,29)(H2,26,27,28,30,32). The zero-order chi connectivity index (χ0) is 24.4. The second kappa shape index (κ2) is 12.1. The molecule has 0 aliphatic heterocycles. The highest BCUT2D eigenvalue weighted by molar-refractivity contribution is 6.12. The van der Waals surface area contributed by atoms with Gasteiger partial charge in [-0.3, -0.25) is 19.7 Å². The molecule has 0 aliphatic rings. The second-order valence-electron chi connectivity index (χ2n) is 7.22. The number of benzene rings is 2. The average molecular weight is 453 g/mol. The SMILES string of the molecule is CCC(=O)/N=C(/NC(=O)OC(C)CC)Nc1cc(C(=O)c2ccccc2)ccc1NC(C)=O. The van der Waals surface area contributed by atoms with Gasteiger partial charge in [0.05, 0.1) is 11.4 Å². The fraction of sp³-hybridized carbons (Fsp3) is 0.292. The van der Waals surface area contributed by atoms with Gasteiger partial charge in [-0.2, -0.15) is 4.99 Å². The third kappa shape index (κ3) is 7.88. The fourth-order valence-electron chi connectivity index (χ4n) is 2.65. The molecule has 0 spiro atoms. The molecule has 3 N–H and O–H groups in total. The van der Waals surface area contributed by atoms with Crippen molar-refractivity contribution in [3.63, 3.8) is 0 Å². The smallest absolute Gasteiger partial charge is 0.414 e. The summed E-state index contributed by atoms with van der Waals surface area (Å²) >= 11 is 0. The number of nitrogens with one attached hydrogen (secondary N) is 3. The number of aliphatic imine (C=N–C) groups is 1. The highest BCUT2D eigenvalue weighted by Gasteiger charge is 2.17. The van der Waals surface area contributed by atoms with Gasteiger partial charge in [0.1, 0.15) is 6.10 Å². The molecular formula is C24H28N4O5. The van der Waals surface area contributed by atoms with E-state index in [2.05, 4.69) is 20.9 Å². The molecule has 0 fully saturated rings. The molecule has 9 heteroatoms. The lowest BCUT2D eigenvalue weighted by Crippen LogP contribution is -2.38. The van der Waals surface area contributed by atoms with Crippen LogP contribution in [0.3, 0.4) is 0 Å². The van der Waals surface area contributed by atoms with Crippen molar-refractivity contribution in [2.24, 2.45) is 4.99 Å². The van der Waals surface area contributed by atoms with Crippen LogP contribution in [0, 0.1) is 0 Å². The Morgan fingerprint density at radius 3 is 2.24 bits per heavy atom. The van der Waals surface area contributed by atoms with E-state index in [-0.39, 0.29) is 35.9 Å². The fourth-order valence-corrected chi connectivity index (χ4v) is 2.65. The lowest BCUT2D eigenvalue weighted by molar-refractivity contribution is -0.117. The zero-order valence-electron chi connectivity index (χ0n) is 19.1. The molecule has 1 atom stereocenters. The minimum Gasteiger partial charge on any atom is -0.446 e. The number of anilines is 2. The maximum atomic E-state index is 12.9. The first-order valence-corrected chi connectivity index (χ1v) is 10.6. The van der Waals surface area contributed by atoms with Crippen LogP contribution >= 0.6 is 0 Å². The number of carbonyl (C=O) groups excluding carboxylic acids is 4. The summed E-state index contributed by atoms with van der Waals surface area (Å²) in [6.45, 7) is 6.56. The molecule has 1 unspecified atom stereocenters. The van der Waals surface area contributed by atoms with Crippen LogP contribution in [0.25, 0.3) is 0 Å². The van der Waals surface area contributed by atoms with Gasteiger partial charge < -0.3 is 15.4 Å². The minimum absolute atomic E-state index is 0.109. The Kier molecular flexibility index (Phi) is 9.29. The van der Waals surface area contributed by atoms with Crippen LogP contribution in [0.4, 0.5) is 16.2 Å². The summed E-state index contributed by atoms with van der Waals surface area (Å²) in [5, 5.41) is 7.90. The molecule has 0 bridgehead atoms. The number of ether oxygens (including phenoxy) is 1. The number of ketones is 1. The van der Waals surface area contributed by atoms with Gasteiger partial charge in [0.15, 0.2) is 5.78 Å². The third-order valence-electron chi connectivity index (χ3n) is 4.52. The van der Waals surface area contributed by atoms with Crippen LogP contribution in [0.15, 0.2) is 53.5 Å². The first kappa shape index (κ1) is 25.3. The summed E-state index contributed by atoms with van der Waals surface area (Å²) in [6.07, 6.45) is -0.414. The third-order valence-corrected chi connectivity index (χ3v) is 4.52. The summed E-state index contributed by atoms with van der Waals surface area (Å²) < 4.78 is 5.19. The Labute approximate surface area is 192 Å². The van der Waals surface area contributed by atoms with Crippen LogP contribution in [0.5, 0.6) is 0 Å². The first-order valence-electron chi connectivity index (χ1n) is 10.6. The molecule has 0 radical (unpaired) electrons. The molecule has 9 nitrogen and oxygen atoms in total. The first-order chi connectivity index (χ1) is 15.7. The van der Waals surface area contributed by atoms with E-state index in [1.807, 2.05) is 6.92 Å². The van der Waals surface area contributed by atoms with Crippen molar-refractivity contribution in [3.05, 3.63) is 59.7 Å². The monoisotopic (exact) mass is 452 g/mol. The maximum Gasteiger partial charge on any atom is 0.414 e. The molecule has 33 heavy (non-hydrogen) atoms. The number of hydrogen-bond donors (Lipinski definition) is 3. The summed E-state index contributed by atoms with van der Waals surface area (Å²) in [5.41, 5.74) is 1.42. The van der Waals surface area contributed by atoms with Crippen molar-refractivity contribution < 1.29 is 23.9 Å². The summed E-state index contributed by atoms with van der Waals surface area (Å²) in [4.78, 5) is 52.6. The van der Waals surface area contributed by atoms with Gasteiger partial charge in [0.25, 0.3) is 0 Å². The molecule has 2 aromatic rings. The predicted octanol–water partition coefficient (Wildman–Crippen LogP) is 4.11. The normalized spacial score (nSPS) is 11.8.